The van der Waals surface area contributed by atoms with Gasteiger partial charge < -0.3 is 4.90 Å². The Labute approximate surface area is 64.6 Å². The van der Waals surface area contributed by atoms with Gasteiger partial charge in [0.05, 0.1) is 5.00 Å². The number of hydrogen-bond acceptors (Lipinski definition) is 2. The third-order valence-corrected chi connectivity index (χ3v) is 2.57. The van der Waals surface area contributed by atoms with Crippen molar-refractivity contribution < 1.29 is 0 Å². The largest absolute Gasteiger partial charge is 0.356 e. The summed E-state index contributed by atoms with van der Waals surface area (Å²) in [5.41, 5.74) is 0. The number of nitrogens with zero attached hydrogens (tertiary/aromatic N) is 1. The van der Waals surface area contributed by atoms with Gasteiger partial charge in [0.15, 0.2) is 0 Å². The summed E-state index contributed by atoms with van der Waals surface area (Å²) in [5, 5.41) is 3.50. The first-order valence-corrected chi connectivity index (χ1v) is 4.28. The summed E-state index contributed by atoms with van der Waals surface area (Å²) in [7, 11) is 0. The van der Waals surface area contributed by atoms with E-state index in [1.807, 2.05) is 0 Å². The summed E-state index contributed by atoms with van der Waals surface area (Å²) in [5.74, 6) is 0. The maximum atomic E-state index is 2.35. The van der Waals surface area contributed by atoms with Crippen LogP contribution < -0.4 is 4.90 Å². The molecule has 0 saturated carbocycles. The van der Waals surface area contributed by atoms with E-state index in [0.29, 0.717) is 0 Å². The van der Waals surface area contributed by atoms with E-state index in [-0.39, 0.29) is 0 Å². The highest BCUT2D eigenvalue weighted by Crippen LogP contribution is 2.22. The lowest BCUT2D eigenvalue weighted by Crippen LogP contribution is -2.16. The van der Waals surface area contributed by atoms with E-state index in [2.05, 4.69) is 34.6 Å². The molecule has 0 unspecified atom stereocenters. The van der Waals surface area contributed by atoms with Crippen molar-refractivity contribution in [1.29, 1.82) is 0 Å². The lowest BCUT2D eigenvalue weighted by molar-refractivity contribution is 1.02. The summed E-state index contributed by atoms with van der Waals surface area (Å²) in [6.07, 6.45) is 4.42. The first-order valence-electron chi connectivity index (χ1n) is 3.40. The molecule has 1 aromatic heterocycles. The van der Waals surface area contributed by atoms with E-state index in [9.17, 15) is 0 Å². The van der Waals surface area contributed by atoms with Gasteiger partial charge >= 0.3 is 0 Å². The summed E-state index contributed by atoms with van der Waals surface area (Å²) in [4.78, 5) is 2.35. The molecule has 0 spiro atoms. The van der Waals surface area contributed by atoms with Crippen LogP contribution in [0.4, 0.5) is 5.00 Å². The number of anilines is 1. The van der Waals surface area contributed by atoms with Gasteiger partial charge in [-0.1, -0.05) is 12.2 Å². The molecule has 0 aliphatic carbocycles. The van der Waals surface area contributed by atoms with Gasteiger partial charge in [-0.25, -0.2) is 0 Å². The van der Waals surface area contributed by atoms with Crippen LogP contribution in [0.25, 0.3) is 0 Å². The number of thiophene rings is 1. The molecule has 0 N–H and O–H groups in total. The Morgan fingerprint density at radius 3 is 2.70 bits per heavy atom. The zero-order valence-corrected chi connectivity index (χ0v) is 6.47. The summed E-state index contributed by atoms with van der Waals surface area (Å²) in [6, 6.07) is 4.26. The van der Waals surface area contributed by atoms with Crippen molar-refractivity contribution in [2.75, 3.05) is 18.0 Å². The van der Waals surface area contributed by atoms with Crippen LogP contribution >= 0.6 is 11.3 Å². The van der Waals surface area contributed by atoms with Crippen LogP contribution in [0.2, 0.25) is 0 Å². The highest BCUT2D eigenvalue weighted by molar-refractivity contribution is 7.14. The molecule has 1 nitrogen and oxygen atoms in total. The second-order valence-electron chi connectivity index (χ2n) is 2.33. The van der Waals surface area contributed by atoms with Gasteiger partial charge in [0.2, 0.25) is 0 Å². The lowest BCUT2D eigenvalue weighted by Gasteiger charge is -2.13. The number of hydrogen-bond donors (Lipinski definition) is 0. The molecule has 1 aromatic rings. The smallest absolute Gasteiger partial charge is 0.0914 e. The topological polar surface area (TPSA) is 3.24 Å². The summed E-state index contributed by atoms with van der Waals surface area (Å²) in [6.45, 7) is 2.17. The van der Waals surface area contributed by atoms with Gasteiger partial charge in [-0.2, -0.15) is 0 Å². The van der Waals surface area contributed by atoms with E-state index in [4.69, 9.17) is 0 Å². The molecule has 0 aromatic carbocycles. The minimum atomic E-state index is 1.08. The van der Waals surface area contributed by atoms with Crippen molar-refractivity contribution >= 4 is 16.3 Å². The van der Waals surface area contributed by atoms with E-state index < -0.39 is 0 Å². The van der Waals surface area contributed by atoms with Crippen LogP contribution in [-0.2, 0) is 0 Å². The normalized spacial score (nSPS) is 16.6. The summed E-state index contributed by atoms with van der Waals surface area (Å²) >= 11 is 1.81. The Bertz CT molecular complexity index is 217. The monoisotopic (exact) mass is 151 g/mol. The second kappa shape index (κ2) is 2.46. The Balaban J connectivity index is 2.14. The van der Waals surface area contributed by atoms with Gasteiger partial charge in [0, 0.05) is 13.1 Å². The van der Waals surface area contributed by atoms with E-state index in [1.54, 1.807) is 11.3 Å². The van der Waals surface area contributed by atoms with Gasteiger partial charge in [-0.3, -0.25) is 0 Å². The van der Waals surface area contributed by atoms with E-state index >= 15 is 0 Å². The van der Waals surface area contributed by atoms with E-state index in [1.165, 1.54) is 5.00 Å². The SMILES string of the molecule is C1=CCN(c2cccs2)C1. The zero-order valence-electron chi connectivity index (χ0n) is 5.66. The average Bonchev–Trinajstić information content (AvgIpc) is 2.59. The fraction of sp³-hybridized carbons (Fsp3) is 0.250. The molecule has 0 radical (unpaired) electrons. The predicted octanol–water partition coefficient (Wildman–Crippen LogP) is 2.12. The van der Waals surface area contributed by atoms with Crippen molar-refractivity contribution in [3.8, 4) is 0 Å². The van der Waals surface area contributed by atoms with Gasteiger partial charge in [0.25, 0.3) is 0 Å². The molecule has 2 heteroatoms. The molecule has 0 atom stereocenters. The van der Waals surface area contributed by atoms with Crippen molar-refractivity contribution in [3.63, 3.8) is 0 Å². The molecule has 1 aliphatic rings. The maximum absolute atomic E-state index is 2.35. The van der Waals surface area contributed by atoms with Crippen molar-refractivity contribution in [2.45, 2.75) is 0 Å². The highest BCUT2D eigenvalue weighted by atomic mass is 32.1. The predicted molar refractivity (Wildman–Crippen MR) is 45.7 cm³/mol. The van der Waals surface area contributed by atoms with Crippen LogP contribution in [-0.4, -0.2) is 13.1 Å². The molecule has 0 bridgehead atoms. The molecule has 2 heterocycles. The molecule has 0 fully saturated rings. The average molecular weight is 151 g/mol. The van der Waals surface area contributed by atoms with Gasteiger partial charge in [-0.05, 0) is 17.5 Å². The molecule has 0 amide bonds. The second-order valence-corrected chi connectivity index (χ2v) is 3.25. The number of rotatable bonds is 1. The molecule has 2 rings (SSSR count). The summed E-state index contributed by atoms with van der Waals surface area (Å²) < 4.78 is 0. The van der Waals surface area contributed by atoms with Gasteiger partial charge in [-0.15, -0.1) is 11.3 Å². The quantitative estimate of drug-likeness (QED) is 0.556. The van der Waals surface area contributed by atoms with Crippen LogP contribution in [0.15, 0.2) is 29.7 Å². The van der Waals surface area contributed by atoms with E-state index in [0.717, 1.165) is 13.1 Å². The Morgan fingerprint density at radius 1 is 1.30 bits per heavy atom. The Kier molecular flexibility index (Phi) is 1.47. The van der Waals surface area contributed by atoms with Crippen molar-refractivity contribution in [1.82, 2.24) is 0 Å². The Hall–Kier alpha value is -0.760. The molecule has 1 aliphatic heterocycles. The fourth-order valence-electron chi connectivity index (χ4n) is 1.11. The van der Waals surface area contributed by atoms with Gasteiger partial charge in [0.1, 0.15) is 0 Å². The lowest BCUT2D eigenvalue weighted by atomic mass is 10.5. The Morgan fingerprint density at radius 2 is 2.10 bits per heavy atom. The molecule has 0 saturated heterocycles. The maximum Gasteiger partial charge on any atom is 0.0914 e. The molecular weight excluding hydrogens is 142 g/mol. The van der Waals surface area contributed by atoms with Crippen LogP contribution in [0.5, 0.6) is 0 Å². The highest BCUT2D eigenvalue weighted by Gasteiger charge is 2.06. The minimum Gasteiger partial charge on any atom is -0.356 e. The standard InChI is InChI=1S/C8H9NS/c1-2-6-9(5-1)8-4-3-7-10-8/h1-4,7H,5-6H2. The van der Waals surface area contributed by atoms with Crippen LogP contribution in [0.3, 0.4) is 0 Å². The fourth-order valence-corrected chi connectivity index (χ4v) is 1.86. The van der Waals surface area contributed by atoms with Crippen molar-refractivity contribution in [3.05, 3.63) is 29.7 Å². The van der Waals surface area contributed by atoms with Crippen molar-refractivity contribution in [2.24, 2.45) is 0 Å². The third kappa shape index (κ3) is 0.948. The molecule has 10 heavy (non-hydrogen) atoms. The third-order valence-electron chi connectivity index (χ3n) is 1.64. The first-order chi connectivity index (χ1) is 4.97. The first kappa shape index (κ1) is 5.98. The zero-order chi connectivity index (χ0) is 6.81. The molecular formula is C8H9NS. The van der Waals surface area contributed by atoms with Crippen LogP contribution in [0.1, 0.15) is 0 Å². The minimum absolute atomic E-state index is 1.08. The molecule has 52 valence electrons. The van der Waals surface area contributed by atoms with Crippen LogP contribution in [0, 0.1) is 0 Å².